The molecule has 0 saturated heterocycles. The summed E-state index contributed by atoms with van der Waals surface area (Å²) in [6.07, 6.45) is 4.11. The number of fused-ring (bicyclic) bond motifs is 1. The molecule has 116 valence electrons. The molecule has 0 aliphatic heterocycles. The Morgan fingerprint density at radius 3 is 2.68 bits per heavy atom. The Hall–Kier alpha value is -1.83. The molecular weight excluding hydrogens is 270 g/mol. The first-order valence-electron chi connectivity index (χ1n) is 8.40. The van der Waals surface area contributed by atoms with Gasteiger partial charge in [0.1, 0.15) is 0 Å². The van der Waals surface area contributed by atoms with Crippen LogP contribution in [0, 0.1) is 11.8 Å². The second-order valence-electron chi connectivity index (χ2n) is 6.80. The van der Waals surface area contributed by atoms with Gasteiger partial charge in [0.25, 0.3) is 0 Å². The van der Waals surface area contributed by atoms with Crippen molar-refractivity contribution < 1.29 is 4.79 Å². The number of carbonyl (C=O) groups excluding carboxylic acids is 1. The highest BCUT2D eigenvalue weighted by molar-refractivity contribution is 5.85. The van der Waals surface area contributed by atoms with Crippen LogP contribution in [0.1, 0.15) is 38.7 Å². The minimum absolute atomic E-state index is 0.154. The van der Waals surface area contributed by atoms with E-state index in [0.29, 0.717) is 24.3 Å². The zero-order chi connectivity index (χ0) is 15.5. The molecule has 2 nitrogen and oxygen atoms in total. The van der Waals surface area contributed by atoms with Gasteiger partial charge in [0, 0.05) is 6.04 Å². The maximum absolute atomic E-state index is 12.4. The number of nitrogens with one attached hydrogen (secondary N) is 1. The van der Waals surface area contributed by atoms with E-state index in [4.69, 9.17) is 0 Å². The SMILES string of the molecule is CC1CCCC(NC(=O)Cc2ccc3ccccc3c2)C1C. The van der Waals surface area contributed by atoms with Crippen LogP contribution in [0.25, 0.3) is 10.8 Å². The van der Waals surface area contributed by atoms with Crippen molar-refractivity contribution in [1.29, 1.82) is 0 Å². The summed E-state index contributed by atoms with van der Waals surface area (Å²) >= 11 is 0. The van der Waals surface area contributed by atoms with E-state index in [0.717, 1.165) is 12.0 Å². The lowest BCUT2D eigenvalue weighted by Gasteiger charge is -2.34. The number of amides is 1. The zero-order valence-electron chi connectivity index (χ0n) is 13.5. The van der Waals surface area contributed by atoms with Crippen molar-refractivity contribution in [3.63, 3.8) is 0 Å². The van der Waals surface area contributed by atoms with Gasteiger partial charge < -0.3 is 5.32 Å². The number of hydrogen-bond acceptors (Lipinski definition) is 1. The Morgan fingerprint density at radius 2 is 1.86 bits per heavy atom. The Morgan fingerprint density at radius 1 is 1.09 bits per heavy atom. The summed E-state index contributed by atoms with van der Waals surface area (Å²) in [7, 11) is 0. The molecule has 1 aliphatic carbocycles. The summed E-state index contributed by atoms with van der Waals surface area (Å²) in [4.78, 5) is 12.4. The van der Waals surface area contributed by atoms with Crippen LogP contribution in [0.2, 0.25) is 0 Å². The van der Waals surface area contributed by atoms with E-state index in [2.05, 4.69) is 49.5 Å². The lowest BCUT2D eigenvalue weighted by atomic mass is 9.78. The highest BCUT2D eigenvalue weighted by Gasteiger charge is 2.27. The minimum Gasteiger partial charge on any atom is -0.353 e. The van der Waals surface area contributed by atoms with Crippen molar-refractivity contribution in [2.45, 2.75) is 45.6 Å². The molecule has 2 aromatic carbocycles. The summed E-state index contributed by atoms with van der Waals surface area (Å²) < 4.78 is 0. The van der Waals surface area contributed by atoms with Gasteiger partial charge in [-0.2, -0.15) is 0 Å². The molecule has 1 saturated carbocycles. The standard InChI is InChI=1S/C20H25NO/c1-14-6-5-9-19(15(14)2)21-20(22)13-16-10-11-17-7-3-4-8-18(17)12-16/h3-4,7-8,10-12,14-15,19H,5-6,9,13H2,1-2H3,(H,21,22). The number of rotatable bonds is 3. The summed E-state index contributed by atoms with van der Waals surface area (Å²) in [5, 5.41) is 5.68. The highest BCUT2D eigenvalue weighted by Crippen LogP contribution is 2.29. The molecular formula is C20H25NO. The Kier molecular flexibility index (Phi) is 4.47. The van der Waals surface area contributed by atoms with Crippen molar-refractivity contribution in [2.75, 3.05) is 0 Å². The third-order valence-electron chi connectivity index (χ3n) is 5.23. The Labute approximate surface area is 132 Å². The minimum atomic E-state index is 0.154. The average Bonchev–Trinajstić information content (AvgIpc) is 2.52. The summed E-state index contributed by atoms with van der Waals surface area (Å²) in [5.41, 5.74) is 1.09. The van der Waals surface area contributed by atoms with Crippen molar-refractivity contribution in [3.8, 4) is 0 Å². The van der Waals surface area contributed by atoms with E-state index in [1.165, 1.54) is 23.6 Å². The normalized spacial score (nSPS) is 25.1. The molecule has 0 radical (unpaired) electrons. The van der Waals surface area contributed by atoms with Crippen LogP contribution in [0.4, 0.5) is 0 Å². The van der Waals surface area contributed by atoms with Crippen LogP contribution in [-0.2, 0) is 11.2 Å². The molecule has 0 spiro atoms. The molecule has 1 aliphatic rings. The quantitative estimate of drug-likeness (QED) is 0.897. The Bertz CT molecular complexity index is 664. The smallest absolute Gasteiger partial charge is 0.224 e. The fraction of sp³-hybridized carbons (Fsp3) is 0.450. The van der Waals surface area contributed by atoms with Crippen LogP contribution >= 0.6 is 0 Å². The molecule has 0 heterocycles. The van der Waals surface area contributed by atoms with E-state index < -0.39 is 0 Å². The van der Waals surface area contributed by atoms with Crippen molar-refractivity contribution in [1.82, 2.24) is 5.32 Å². The van der Waals surface area contributed by atoms with Crippen molar-refractivity contribution in [3.05, 3.63) is 48.0 Å². The first-order chi connectivity index (χ1) is 10.6. The molecule has 1 amide bonds. The van der Waals surface area contributed by atoms with Gasteiger partial charge in [0.05, 0.1) is 6.42 Å². The van der Waals surface area contributed by atoms with Crippen LogP contribution < -0.4 is 5.32 Å². The van der Waals surface area contributed by atoms with Gasteiger partial charge in [-0.1, -0.05) is 69.2 Å². The predicted octanol–water partition coefficient (Wildman–Crippen LogP) is 4.32. The number of benzene rings is 2. The van der Waals surface area contributed by atoms with E-state index in [9.17, 15) is 4.79 Å². The van der Waals surface area contributed by atoms with Crippen LogP contribution in [0.5, 0.6) is 0 Å². The van der Waals surface area contributed by atoms with Gasteiger partial charge in [-0.05, 0) is 34.6 Å². The molecule has 3 atom stereocenters. The van der Waals surface area contributed by atoms with Crippen LogP contribution in [0.3, 0.4) is 0 Å². The zero-order valence-corrected chi connectivity index (χ0v) is 13.5. The topological polar surface area (TPSA) is 29.1 Å². The van der Waals surface area contributed by atoms with Gasteiger partial charge in [-0.25, -0.2) is 0 Å². The van der Waals surface area contributed by atoms with Crippen molar-refractivity contribution in [2.24, 2.45) is 11.8 Å². The summed E-state index contributed by atoms with van der Waals surface area (Å²) in [6.45, 7) is 4.57. The summed E-state index contributed by atoms with van der Waals surface area (Å²) in [6, 6.07) is 14.9. The third kappa shape index (κ3) is 3.32. The molecule has 2 aromatic rings. The van der Waals surface area contributed by atoms with E-state index >= 15 is 0 Å². The second-order valence-corrected chi connectivity index (χ2v) is 6.80. The molecule has 0 aromatic heterocycles. The fourth-order valence-electron chi connectivity index (χ4n) is 3.58. The number of carbonyl (C=O) groups is 1. The third-order valence-corrected chi connectivity index (χ3v) is 5.23. The van der Waals surface area contributed by atoms with Gasteiger partial charge in [0.2, 0.25) is 5.91 Å². The Balaban J connectivity index is 1.65. The second kappa shape index (κ2) is 6.51. The first kappa shape index (κ1) is 15.1. The molecule has 1 N–H and O–H groups in total. The van der Waals surface area contributed by atoms with Gasteiger partial charge in [0.15, 0.2) is 0 Å². The predicted molar refractivity (Wildman–Crippen MR) is 91.8 cm³/mol. The maximum Gasteiger partial charge on any atom is 0.224 e. The van der Waals surface area contributed by atoms with Crippen LogP contribution in [-0.4, -0.2) is 11.9 Å². The molecule has 22 heavy (non-hydrogen) atoms. The first-order valence-corrected chi connectivity index (χ1v) is 8.40. The molecule has 1 fully saturated rings. The molecule has 2 heteroatoms. The van der Waals surface area contributed by atoms with Gasteiger partial charge in [-0.15, -0.1) is 0 Å². The fourth-order valence-corrected chi connectivity index (χ4v) is 3.58. The van der Waals surface area contributed by atoms with Crippen molar-refractivity contribution >= 4 is 16.7 Å². The van der Waals surface area contributed by atoms with E-state index in [-0.39, 0.29) is 5.91 Å². The van der Waals surface area contributed by atoms with Gasteiger partial charge in [-0.3, -0.25) is 4.79 Å². The van der Waals surface area contributed by atoms with E-state index in [1.54, 1.807) is 0 Å². The van der Waals surface area contributed by atoms with Crippen LogP contribution in [0.15, 0.2) is 42.5 Å². The molecule has 3 rings (SSSR count). The summed E-state index contributed by atoms with van der Waals surface area (Å²) in [5.74, 6) is 1.44. The number of hydrogen-bond donors (Lipinski definition) is 1. The van der Waals surface area contributed by atoms with E-state index in [1.807, 2.05) is 12.1 Å². The highest BCUT2D eigenvalue weighted by atomic mass is 16.1. The average molecular weight is 295 g/mol. The monoisotopic (exact) mass is 295 g/mol. The lowest BCUT2D eigenvalue weighted by Crippen LogP contribution is -2.44. The molecule has 0 bridgehead atoms. The molecule has 3 unspecified atom stereocenters. The largest absolute Gasteiger partial charge is 0.353 e. The maximum atomic E-state index is 12.4. The van der Waals surface area contributed by atoms with Gasteiger partial charge >= 0.3 is 0 Å². The lowest BCUT2D eigenvalue weighted by molar-refractivity contribution is -0.121.